The van der Waals surface area contributed by atoms with Gasteiger partial charge in [0.25, 0.3) is 0 Å². The molecule has 3 heterocycles. The molecule has 0 amide bonds. The van der Waals surface area contributed by atoms with Crippen LogP contribution in [0.3, 0.4) is 0 Å². The Morgan fingerprint density at radius 3 is 2.17 bits per heavy atom. The predicted octanol–water partition coefficient (Wildman–Crippen LogP) is 0.484. The summed E-state index contributed by atoms with van der Waals surface area (Å²) in [6, 6.07) is 1.80. The normalized spacial score (nSPS) is 19.9. The van der Waals surface area contributed by atoms with Crippen molar-refractivity contribution in [3.63, 3.8) is 0 Å². The number of carboxylic acid groups (broad SMARTS) is 2. The van der Waals surface area contributed by atoms with E-state index < -0.39 is 18.0 Å². The molecule has 9 N–H and O–H groups in total. The van der Waals surface area contributed by atoms with Gasteiger partial charge in [-0.25, -0.2) is 9.59 Å². The summed E-state index contributed by atoms with van der Waals surface area (Å²) in [7, 11) is 3.63. The second-order valence-corrected chi connectivity index (χ2v) is 8.08. The molecule has 238 valence electrons. The third kappa shape index (κ3) is 13.7. The quantitative estimate of drug-likeness (QED) is 0.201. The molecule has 0 saturated carbocycles. The Hall–Kier alpha value is -2.48. The fraction of sp³-hybridized carbons (Fsp3) is 0.519. The van der Waals surface area contributed by atoms with Gasteiger partial charge in [-0.2, -0.15) is 0 Å². The van der Waals surface area contributed by atoms with Gasteiger partial charge in [-0.05, 0) is 35.8 Å². The number of phenolic OH excluding ortho intramolecular Hbond substituents is 2. The maximum atomic E-state index is 11.5. The van der Waals surface area contributed by atoms with Gasteiger partial charge in [0, 0.05) is 89.8 Å². The smallest absolute Gasteiger partial charge is 0.354 e. The van der Waals surface area contributed by atoms with E-state index in [9.17, 15) is 24.9 Å². The molecule has 0 unspecified atom stereocenters. The molecule has 0 spiro atoms. The number of aliphatic imine (C=N–C) groups is 1. The molecule has 15 heteroatoms. The molecule has 3 aliphatic heterocycles. The molecule has 3 aliphatic rings. The van der Waals surface area contributed by atoms with Crippen LogP contribution in [0.15, 0.2) is 41.1 Å². The number of dihydropyridines is 1. The van der Waals surface area contributed by atoms with Crippen LogP contribution in [-0.2, 0) is 25.5 Å². The van der Waals surface area contributed by atoms with Gasteiger partial charge in [-0.15, -0.1) is 0 Å². The van der Waals surface area contributed by atoms with Crippen molar-refractivity contribution >= 4 is 23.3 Å². The Bertz CT molecular complexity index is 1030. The number of anilines is 1. The molecule has 0 aromatic heterocycles. The van der Waals surface area contributed by atoms with E-state index in [0.717, 1.165) is 14.2 Å². The number of carboxylic acids is 2. The van der Waals surface area contributed by atoms with Crippen LogP contribution in [0.5, 0.6) is 11.5 Å². The second-order valence-electron chi connectivity index (χ2n) is 8.08. The van der Waals surface area contributed by atoms with Crippen LogP contribution in [0, 0.1) is 31.1 Å². The number of aromatic hydroxyl groups is 2. The fourth-order valence-electron chi connectivity index (χ4n) is 3.85. The van der Waals surface area contributed by atoms with Crippen molar-refractivity contribution in [2.45, 2.75) is 51.4 Å². The molecular weight excluding hydrogens is 782 g/mol. The van der Waals surface area contributed by atoms with Crippen molar-refractivity contribution in [2.24, 2.45) is 4.99 Å². The first-order chi connectivity index (χ1) is 19.2. The standard InChI is InChI=1S/C17H16N2O6.C6H12O3.C2H6.2CH4O.H2O.U/c20-14-7-10-6-13(17(24)25)19(12(10)8-15(14)21)4-2-9-1-3-18-11(5-9)16(22)23;1-8-6-2-5(7)3-9-4-6;3*1-2;;/h2,4-5,7-8,13,20-21H,1,3,6H2,(H,22,23)(H,24,25);5-7H,2-4H2,1H3;1-2H3;2*2H,1H3;1H2;/b4-2+;;;;;;/t13-;5-,6+;;;;;/m00...../s1. The molecule has 42 heavy (non-hydrogen) atoms. The summed E-state index contributed by atoms with van der Waals surface area (Å²) in [4.78, 5) is 27.9. The van der Waals surface area contributed by atoms with Gasteiger partial charge in [-0.3, -0.25) is 4.99 Å². The molecule has 1 saturated heterocycles. The number of benzene rings is 1. The predicted molar refractivity (Wildman–Crippen MR) is 153 cm³/mol. The molecule has 1 fully saturated rings. The van der Waals surface area contributed by atoms with Gasteiger partial charge in [-0.1, -0.05) is 13.8 Å². The first kappa shape index (κ1) is 44.0. The first-order valence-electron chi connectivity index (χ1n) is 12.6. The van der Waals surface area contributed by atoms with Crippen molar-refractivity contribution in [1.29, 1.82) is 0 Å². The fourth-order valence-corrected chi connectivity index (χ4v) is 3.85. The second kappa shape index (κ2) is 24.0. The molecule has 0 bridgehead atoms. The van der Waals surface area contributed by atoms with Crippen molar-refractivity contribution in [1.82, 2.24) is 0 Å². The number of methoxy groups -OCH3 is 1. The number of aliphatic hydroxyl groups excluding tert-OH is 3. The summed E-state index contributed by atoms with van der Waals surface area (Å²) in [6.45, 7) is 5.43. The van der Waals surface area contributed by atoms with Gasteiger partial charge in [0.15, 0.2) is 11.5 Å². The number of nitrogens with zero attached hydrogens (tertiary/aromatic N) is 2. The molecule has 1 aromatic carbocycles. The van der Waals surface area contributed by atoms with Crippen LogP contribution >= 0.6 is 0 Å². The van der Waals surface area contributed by atoms with Crippen molar-refractivity contribution in [3.05, 3.63) is 41.6 Å². The molecule has 4 rings (SSSR count). The Balaban J connectivity index is -0.000000755. The summed E-state index contributed by atoms with van der Waals surface area (Å²) in [5, 5.41) is 60.7. The van der Waals surface area contributed by atoms with E-state index in [-0.39, 0.29) is 72.4 Å². The van der Waals surface area contributed by atoms with E-state index in [4.69, 9.17) is 29.9 Å². The summed E-state index contributed by atoms with van der Waals surface area (Å²) in [6.07, 6.45) is 5.85. The largest absolute Gasteiger partial charge is 0.504 e. The van der Waals surface area contributed by atoms with Gasteiger partial charge < -0.3 is 55.6 Å². The average molecular weight is 827 g/mol. The van der Waals surface area contributed by atoms with Crippen LogP contribution in [0.2, 0.25) is 0 Å². The number of allylic oxidation sites excluding steroid dienone is 1. The summed E-state index contributed by atoms with van der Waals surface area (Å²) >= 11 is 0. The first-order valence-corrected chi connectivity index (χ1v) is 12.6. The number of aliphatic carboxylic acids is 2. The topological polar surface area (TPSA) is 241 Å². The number of ether oxygens (including phenoxy) is 2. The van der Waals surface area contributed by atoms with Gasteiger partial charge in [0.2, 0.25) is 0 Å². The minimum absolute atomic E-state index is 0. The Morgan fingerprint density at radius 2 is 1.67 bits per heavy atom. The van der Waals surface area contributed by atoms with E-state index in [1.165, 1.54) is 23.1 Å². The third-order valence-corrected chi connectivity index (χ3v) is 5.64. The van der Waals surface area contributed by atoms with Crippen molar-refractivity contribution in [2.75, 3.05) is 46.0 Å². The third-order valence-electron chi connectivity index (χ3n) is 5.64. The van der Waals surface area contributed by atoms with Crippen molar-refractivity contribution < 1.29 is 91.4 Å². The monoisotopic (exact) mass is 826 g/mol. The zero-order valence-electron chi connectivity index (χ0n) is 24.5. The summed E-state index contributed by atoms with van der Waals surface area (Å²) < 4.78 is 9.99. The number of hydrogen-bond donors (Lipinski definition) is 7. The molecule has 0 aliphatic carbocycles. The van der Waals surface area contributed by atoms with E-state index in [0.29, 0.717) is 49.4 Å². The molecule has 1 aromatic rings. The van der Waals surface area contributed by atoms with Gasteiger partial charge in [0.1, 0.15) is 11.8 Å². The summed E-state index contributed by atoms with van der Waals surface area (Å²) in [5.74, 6) is -2.78. The zero-order chi connectivity index (χ0) is 30.8. The SMILES string of the molecule is CC.CO.CO.CO[C@H]1COC[C@@H](O)C1.O.O=C(O)C1=NCCC(/C=C/N2c3cc(O)c(O)cc3C[C@H]2C(=O)O)=C1.[U]. The zero-order valence-corrected chi connectivity index (χ0v) is 28.7. The maximum absolute atomic E-state index is 11.5. The molecule has 14 nitrogen and oxygen atoms in total. The van der Waals surface area contributed by atoms with Crippen LogP contribution in [0.1, 0.15) is 32.3 Å². The van der Waals surface area contributed by atoms with Gasteiger partial charge >= 0.3 is 11.9 Å². The number of carbonyl (C=O) groups is 2. The number of rotatable bonds is 5. The average Bonchev–Trinajstić information content (AvgIpc) is 3.33. The Labute approximate surface area is 269 Å². The molecule has 3 atom stereocenters. The molecular formula is C27H44N2O12U. The maximum Gasteiger partial charge on any atom is 0.354 e. The number of phenols is 2. The van der Waals surface area contributed by atoms with E-state index in [1.54, 1.807) is 19.4 Å². The van der Waals surface area contributed by atoms with Crippen LogP contribution in [0.4, 0.5) is 5.69 Å². The Kier molecular flexibility index (Phi) is 25.1. The van der Waals surface area contributed by atoms with E-state index >= 15 is 0 Å². The van der Waals surface area contributed by atoms with Crippen LogP contribution in [-0.4, -0.2) is 118 Å². The number of aliphatic hydroxyl groups is 3. The Morgan fingerprint density at radius 1 is 1.07 bits per heavy atom. The van der Waals surface area contributed by atoms with Crippen LogP contribution in [0.25, 0.3) is 0 Å². The minimum atomic E-state index is -1.11. The summed E-state index contributed by atoms with van der Waals surface area (Å²) in [5.41, 5.74) is 1.78. The molecule has 0 radical (unpaired) electrons. The van der Waals surface area contributed by atoms with E-state index in [1.807, 2.05) is 13.8 Å². The van der Waals surface area contributed by atoms with Crippen molar-refractivity contribution in [3.8, 4) is 11.5 Å². The number of hydrogen-bond acceptors (Lipinski definition) is 11. The van der Waals surface area contributed by atoms with Crippen LogP contribution < -0.4 is 4.90 Å². The van der Waals surface area contributed by atoms with Gasteiger partial charge in [0.05, 0.1) is 25.4 Å². The minimum Gasteiger partial charge on any atom is -0.504 e. The van der Waals surface area contributed by atoms with E-state index in [2.05, 4.69) is 4.99 Å². The number of fused-ring (bicyclic) bond motifs is 1.